The lowest BCUT2D eigenvalue weighted by molar-refractivity contribution is 0.508. The van der Waals surface area contributed by atoms with Crippen molar-refractivity contribution in [1.29, 1.82) is 5.26 Å². The average Bonchev–Trinajstić information content (AvgIpc) is 2.86. The number of pyridine rings is 1. The van der Waals surface area contributed by atoms with Crippen LogP contribution in [0.4, 0.5) is 20.3 Å². The van der Waals surface area contributed by atoms with E-state index in [1.54, 1.807) is 6.20 Å². The number of fused-ring (bicyclic) bond motifs is 1. The lowest BCUT2D eigenvalue weighted by Gasteiger charge is -2.17. The molecule has 1 aromatic carbocycles. The topological polar surface area (TPSA) is 65.9 Å². The number of nitrogens with zero attached hydrogens (tertiary/aromatic N) is 3. The van der Waals surface area contributed by atoms with Crippen molar-refractivity contribution in [2.24, 2.45) is 0 Å². The van der Waals surface area contributed by atoms with Crippen LogP contribution in [0.25, 0.3) is 0 Å². The maximum Gasteiger partial charge on any atom is 0.160 e. The molecule has 0 radical (unpaired) electrons. The highest BCUT2D eigenvalue weighted by atomic mass is 19.2. The minimum Gasteiger partial charge on any atom is -0.383 e. The Morgan fingerprint density at radius 2 is 2.05 bits per heavy atom. The SMILES string of the molecule is N#Cc1c(N)ncc2c1CN(c1ccc(F)c(F)c1)C2. The van der Waals surface area contributed by atoms with E-state index < -0.39 is 11.6 Å². The van der Waals surface area contributed by atoms with Gasteiger partial charge >= 0.3 is 0 Å². The van der Waals surface area contributed by atoms with Gasteiger partial charge in [0.15, 0.2) is 11.6 Å². The van der Waals surface area contributed by atoms with Crippen LogP contribution in [-0.2, 0) is 13.1 Å². The van der Waals surface area contributed by atoms with Crippen molar-refractivity contribution in [1.82, 2.24) is 4.98 Å². The Morgan fingerprint density at radius 1 is 1.25 bits per heavy atom. The smallest absolute Gasteiger partial charge is 0.160 e. The number of nitriles is 1. The van der Waals surface area contributed by atoms with E-state index in [4.69, 9.17) is 11.0 Å². The summed E-state index contributed by atoms with van der Waals surface area (Å²) in [5, 5.41) is 9.12. The minimum atomic E-state index is -0.892. The quantitative estimate of drug-likeness (QED) is 0.865. The van der Waals surface area contributed by atoms with Gasteiger partial charge in [-0.2, -0.15) is 5.26 Å². The summed E-state index contributed by atoms with van der Waals surface area (Å²) in [4.78, 5) is 5.82. The molecule has 0 spiro atoms. The Kier molecular flexibility index (Phi) is 2.75. The molecule has 1 aromatic heterocycles. The Labute approximate surface area is 114 Å². The van der Waals surface area contributed by atoms with Crippen LogP contribution in [-0.4, -0.2) is 4.98 Å². The molecule has 0 aliphatic carbocycles. The van der Waals surface area contributed by atoms with Gasteiger partial charge in [-0.15, -0.1) is 0 Å². The van der Waals surface area contributed by atoms with E-state index in [9.17, 15) is 8.78 Å². The Balaban J connectivity index is 1.98. The average molecular weight is 272 g/mol. The monoisotopic (exact) mass is 272 g/mol. The predicted molar refractivity (Wildman–Crippen MR) is 69.6 cm³/mol. The largest absolute Gasteiger partial charge is 0.383 e. The lowest BCUT2D eigenvalue weighted by Crippen LogP contribution is -2.15. The summed E-state index contributed by atoms with van der Waals surface area (Å²) in [6.07, 6.45) is 1.62. The zero-order valence-electron chi connectivity index (χ0n) is 10.4. The highest BCUT2D eigenvalue weighted by Crippen LogP contribution is 2.31. The van der Waals surface area contributed by atoms with Crippen LogP contribution in [0, 0.1) is 23.0 Å². The third-order valence-electron chi connectivity index (χ3n) is 3.40. The van der Waals surface area contributed by atoms with Crippen molar-refractivity contribution < 1.29 is 8.78 Å². The molecule has 0 saturated heterocycles. The zero-order chi connectivity index (χ0) is 14.3. The molecule has 0 atom stereocenters. The molecule has 100 valence electrons. The van der Waals surface area contributed by atoms with Gasteiger partial charge < -0.3 is 10.6 Å². The molecule has 1 aliphatic rings. The molecule has 2 aromatic rings. The number of halogens is 2. The van der Waals surface area contributed by atoms with Gasteiger partial charge in [-0.05, 0) is 23.3 Å². The fourth-order valence-electron chi connectivity index (χ4n) is 2.36. The second-order valence-electron chi connectivity index (χ2n) is 4.59. The number of anilines is 2. The Bertz CT molecular complexity index is 737. The standard InChI is InChI=1S/C14H10F2N4/c15-12-2-1-9(3-13(12)16)20-6-8-5-19-14(18)10(4-17)11(8)7-20/h1-3,5H,6-7H2,(H2,18,19). The summed E-state index contributed by atoms with van der Waals surface area (Å²) < 4.78 is 26.2. The van der Waals surface area contributed by atoms with Gasteiger partial charge in [0.2, 0.25) is 0 Å². The van der Waals surface area contributed by atoms with Crippen molar-refractivity contribution in [2.45, 2.75) is 13.1 Å². The molecule has 6 heteroatoms. The van der Waals surface area contributed by atoms with Gasteiger partial charge in [0.05, 0.1) is 5.56 Å². The Morgan fingerprint density at radius 3 is 2.75 bits per heavy atom. The molecule has 2 heterocycles. The number of nitrogens with two attached hydrogens (primary N) is 1. The molecule has 20 heavy (non-hydrogen) atoms. The van der Waals surface area contributed by atoms with Crippen LogP contribution in [0.15, 0.2) is 24.4 Å². The van der Waals surface area contributed by atoms with E-state index in [0.29, 0.717) is 24.3 Å². The lowest BCUT2D eigenvalue weighted by atomic mass is 10.1. The fourth-order valence-corrected chi connectivity index (χ4v) is 2.36. The van der Waals surface area contributed by atoms with Gasteiger partial charge in [0.1, 0.15) is 11.9 Å². The van der Waals surface area contributed by atoms with E-state index in [1.807, 2.05) is 11.0 Å². The van der Waals surface area contributed by atoms with Crippen molar-refractivity contribution >= 4 is 11.5 Å². The summed E-state index contributed by atoms with van der Waals surface area (Å²) in [6.45, 7) is 0.915. The second kappa shape index (κ2) is 4.46. The molecule has 0 saturated carbocycles. The van der Waals surface area contributed by atoms with Crippen molar-refractivity contribution in [3.05, 3.63) is 52.7 Å². The predicted octanol–water partition coefficient (Wildman–Crippen LogP) is 2.33. The molecule has 1 aliphatic heterocycles. The summed E-state index contributed by atoms with van der Waals surface area (Å²) >= 11 is 0. The molecule has 0 bridgehead atoms. The van der Waals surface area contributed by atoms with Crippen molar-refractivity contribution in [2.75, 3.05) is 10.6 Å². The van der Waals surface area contributed by atoms with Crippen LogP contribution in [0.1, 0.15) is 16.7 Å². The number of nitrogen functional groups attached to an aromatic ring is 1. The number of rotatable bonds is 1. The molecule has 0 amide bonds. The highest BCUT2D eigenvalue weighted by molar-refractivity contribution is 5.61. The maximum absolute atomic E-state index is 13.3. The van der Waals surface area contributed by atoms with E-state index in [1.165, 1.54) is 6.07 Å². The number of benzene rings is 1. The first-order valence-corrected chi connectivity index (χ1v) is 5.96. The highest BCUT2D eigenvalue weighted by Gasteiger charge is 2.24. The third kappa shape index (κ3) is 1.84. The normalized spacial score (nSPS) is 13.2. The van der Waals surface area contributed by atoms with Gasteiger partial charge in [-0.1, -0.05) is 0 Å². The van der Waals surface area contributed by atoms with E-state index in [2.05, 4.69) is 4.98 Å². The first kappa shape index (κ1) is 12.4. The van der Waals surface area contributed by atoms with Gasteiger partial charge in [-0.3, -0.25) is 0 Å². The zero-order valence-corrected chi connectivity index (χ0v) is 10.4. The molecule has 0 unspecified atom stereocenters. The molecule has 4 nitrogen and oxygen atoms in total. The van der Waals surface area contributed by atoms with Crippen LogP contribution in [0.5, 0.6) is 0 Å². The van der Waals surface area contributed by atoms with E-state index in [-0.39, 0.29) is 5.82 Å². The molecule has 3 rings (SSSR count). The van der Waals surface area contributed by atoms with Crippen LogP contribution in [0.2, 0.25) is 0 Å². The fraction of sp³-hybridized carbons (Fsp3) is 0.143. The molecule has 0 fully saturated rings. The van der Waals surface area contributed by atoms with Gasteiger partial charge in [0, 0.05) is 31.0 Å². The number of hydrogen-bond acceptors (Lipinski definition) is 4. The second-order valence-corrected chi connectivity index (χ2v) is 4.59. The van der Waals surface area contributed by atoms with Crippen LogP contribution in [0.3, 0.4) is 0 Å². The van der Waals surface area contributed by atoms with Gasteiger partial charge in [0.25, 0.3) is 0 Å². The van der Waals surface area contributed by atoms with Crippen LogP contribution >= 0.6 is 0 Å². The summed E-state index contributed by atoms with van der Waals surface area (Å²) in [5.41, 5.74) is 8.25. The summed E-state index contributed by atoms with van der Waals surface area (Å²) in [6, 6.07) is 5.78. The summed E-state index contributed by atoms with van der Waals surface area (Å²) in [5.74, 6) is -1.58. The Hall–Kier alpha value is -2.68. The van der Waals surface area contributed by atoms with Crippen molar-refractivity contribution in [3.63, 3.8) is 0 Å². The van der Waals surface area contributed by atoms with Gasteiger partial charge in [-0.25, -0.2) is 13.8 Å². The number of aromatic nitrogens is 1. The molecule has 2 N–H and O–H groups in total. The maximum atomic E-state index is 13.3. The first-order valence-electron chi connectivity index (χ1n) is 5.96. The number of hydrogen-bond donors (Lipinski definition) is 1. The third-order valence-corrected chi connectivity index (χ3v) is 3.40. The van der Waals surface area contributed by atoms with E-state index in [0.717, 1.165) is 23.3 Å². The molecular weight excluding hydrogens is 262 g/mol. The van der Waals surface area contributed by atoms with Crippen molar-refractivity contribution in [3.8, 4) is 6.07 Å². The summed E-state index contributed by atoms with van der Waals surface area (Å²) in [7, 11) is 0. The van der Waals surface area contributed by atoms with E-state index >= 15 is 0 Å². The molecular formula is C14H10F2N4. The minimum absolute atomic E-state index is 0.193. The first-order chi connectivity index (χ1) is 9.60. The van der Waals surface area contributed by atoms with Crippen LogP contribution < -0.4 is 10.6 Å².